The largest absolute Gasteiger partial charge is 0.493 e. The molecule has 1 aromatic heterocycles. The average molecular weight is 512 g/mol. The lowest BCUT2D eigenvalue weighted by atomic mass is 9.83. The Labute approximate surface area is 217 Å². The van der Waals surface area contributed by atoms with Gasteiger partial charge in [-0.15, -0.1) is 0 Å². The molecule has 0 bridgehead atoms. The minimum atomic E-state index is -0.894. The molecule has 1 saturated heterocycles. The van der Waals surface area contributed by atoms with Gasteiger partial charge in [0.2, 0.25) is 5.56 Å². The first-order valence-electron chi connectivity index (χ1n) is 13.2. The Bertz CT molecular complexity index is 1150. The number of carbonyl (C=O) groups excluding carboxylic acids is 1. The number of carboxylic acids is 1. The van der Waals surface area contributed by atoms with Crippen molar-refractivity contribution < 1.29 is 24.3 Å². The SMILES string of the molecule is CCCON(CCC)C(=O)CN1CC(c2ccc3c(c2)CCO3)C(C(=O)O)C1CCn1ccccc1=O. The number of hydroxylamine groups is 2. The molecule has 0 aliphatic carbocycles. The van der Waals surface area contributed by atoms with Gasteiger partial charge in [-0.2, -0.15) is 0 Å². The summed E-state index contributed by atoms with van der Waals surface area (Å²) in [7, 11) is 0. The maximum absolute atomic E-state index is 13.3. The van der Waals surface area contributed by atoms with Crippen LogP contribution in [-0.2, 0) is 27.4 Å². The molecule has 0 saturated carbocycles. The Kier molecular flexibility index (Phi) is 9.00. The molecule has 4 rings (SSSR count). The molecule has 9 nitrogen and oxygen atoms in total. The van der Waals surface area contributed by atoms with Crippen LogP contribution < -0.4 is 10.3 Å². The molecule has 1 amide bonds. The summed E-state index contributed by atoms with van der Waals surface area (Å²) in [5, 5.41) is 11.8. The second kappa shape index (κ2) is 12.4. The minimum Gasteiger partial charge on any atom is -0.493 e. The van der Waals surface area contributed by atoms with E-state index in [9.17, 15) is 19.5 Å². The monoisotopic (exact) mass is 511 g/mol. The lowest BCUT2D eigenvalue weighted by molar-refractivity contribution is -0.188. The minimum absolute atomic E-state index is 0.0619. The zero-order valence-corrected chi connectivity index (χ0v) is 21.7. The zero-order chi connectivity index (χ0) is 26.4. The Morgan fingerprint density at radius 1 is 1.19 bits per heavy atom. The third kappa shape index (κ3) is 6.22. The second-order valence-corrected chi connectivity index (χ2v) is 9.78. The summed E-state index contributed by atoms with van der Waals surface area (Å²) < 4.78 is 7.23. The fourth-order valence-electron chi connectivity index (χ4n) is 5.46. The Morgan fingerprint density at radius 3 is 2.76 bits per heavy atom. The number of rotatable bonds is 12. The normalized spacial score (nSPS) is 21.0. The molecule has 0 spiro atoms. The van der Waals surface area contributed by atoms with Crippen molar-refractivity contribution in [1.82, 2.24) is 14.5 Å². The summed E-state index contributed by atoms with van der Waals surface area (Å²) in [6.07, 6.45) is 4.49. The fourth-order valence-corrected chi connectivity index (χ4v) is 5.46. The Morgan fingerprint density at radius 2 is 2.03 bits per heavy atom. The number of aromatic nitrogens is 1. The van der Waals surface area contributed by atoms with Gasteiger partial charge in [0.15, 0.2) is 0 Å². The molecule has 1 fully saturated rings. The highest BCUT2D eigenvalue weighted by molar-refractivity contribution is 5.78. The molecule has 2 aliphatic rings. The highest BCUT2D eigenvalue weighted by Crippen LogP contribution is 2.41. The summed E-state index contributed by atoms with van der Waals surface area (Å²) in [6, 6.07) is 10.5. The molecule has 2 aromatic rings. The number of aryl methyl sites for hydroxylation is 1. The second-order valence-electron chi connectivity index (χ2n) is 9.78. The molecular weight excluding hydrogens is 474 g/mol. The van der Waals surface area contributed by atoms with Crippen LogP contribution in [0, 0.1) is 5.92 Å². The van der Waals surface area contributed by atoms with Crippen molar-refractivity contribution in [3.05, 3.63) is 64.1 Å². The molecule has 3 heterocycles. The lowest BCUT2D eigenvalue weighted by Gasteiger charge is -2.29. The van der Waals surface area contributed by atoms with Crippen molar-refractivity contribution >= 4 is 11.9 Å². The maximum atomic E-state index is 13.3. The van der Waals surface area contributed by atoms with Gasteiger partial charge in [-0.05, 0) is 42.5 Å². The number of aliphatic carboxylic acids is 1. The molecule has 200 valence electrons. The summed E-state index contributed by atoms with van der Waals surface area (Å²) in [4.78, 5) is 45.9. The van der Waals surface area contributed by atoms with Crippen molar-refractivity contribution in [2.24, 2.45) is 5.92 Å². The average Bonchev–Trinajstić information content (AvgIpc) is 3.50. The van der Waals surface area contributed by atoms with Gasteiger partial charge in [-0.3, -0.25) is 24.1 Å². The predicted molar refractivity (Wildman–Crippen MR) is 138 cm³/mol. The molecule has 2 aliphatic heterocycles. The van der Waals surface area contributed by atoms with Gasteiger partial charge >= 0.3 is 5.97 Å². The topological polar surface area (TPSA) is 101 Å². The van der Waals surface area contributed by atoms with Crippen LogP contribution in [0.5, 0.6) is 5.75 Å². The van der Waals surface area contributed by atoms with E-state index in [2.05, 4.69) is 6.07 Å². The van der Waals surface area contributed by atoms with E-state index < -0.39 is 17.9 Å². The van der Waals surface area contributed by atoms with E-state index in [1.807, 2.05) is 30.9 Å². The molecule has 1 aromatic carbocycles. The van der Waals surface area contributed by atoms with Crippen LogP contribution in [0.25, 0.3) is 0 Å². The predicted octanol–water partition coefficient (Wildman–Crippen LogP) is 2.92. The highest BCUT2D eigenvalue weighted by atomic mass is 16.7. The number of hydrogen-bond donors (Lipinski definition) is 1. The summed E-state index contributed by atoms with van der Waals surface area (Å²) in [6.45, 7) is 6.40. The Balaban J connectivity index is 1.61. The first kappa shape index (κ1) is 26.9. The molecule has 3 atom stereocenters. The van der Waals surface area contributed by atoms with E-state index in [1.54, 1.807) is 22.9 Å². The van der Waals surface area contributed by atoms with Crippen LogP contribution in [0.4, 0.5) is 0 Å². The first-order chi connectivity index (χ1) is 17.9. The fraction of sp³-hybridized carbons (Fsp3) is 0.536. The van der Waals surface area contributed by atoms with Crippen molar-refractivity contribution in [2.45, 2.75) is 58.0 Å². The standard InChI is InChI=1S/C28H37N3O6/c1-3-12-31(37-15-4-2)26(33)19-30-18-22(20-8-9-24-21(17-20)11-16-36-24)27(28(34)35)23(30)10-14-29-13-6-5-7-25(29)32/h5-9,13,17,22-23,27H,3-4,10-12,14-16,18-19H2,1-2H3,(H,34,35). The zero-order valence-electron chi connectivity index (χ0n) is 21.7. The number of amides is 1. The number of pyridine rings is 1. The van der Waals surface area contributed by atoms with Gasteiger partial charge in [0.25, 0.3) is 5.91 Å². The Hall–Kier alpha value is -3.17. The van der Waals surface area contributed by atoms with E-state index in [4.69, 9.17) is 9.57 Å². The molecule has 1 N–H and O–H groups in total. The van der Waals surface area contributed by atoms with Crippen molar-refractivity contribution in [2.75, 3.05) is 32.8 Å². The van der Waals surface area contributed by atoms with Crippen LogP contribution in [0.1, 0.15) is 50.2 Å². The van der Waals surface area contributed by atoms with Crippen LogP contribution in [0.3, 0.4) is 0 Å². The number of benzene rings is 1. The van der Waals surface area contributed by atoms with Crippen molar-refractivity contribution in [3.8, 4) is 5.75 Å². The van der Waals surface area contributed by atoms with Crippen LogP contribution in [0.15, 0.2) is 47.4 Å². The summed E-state index contributed by atoms with van der Waals surface area (Å²) >= 11 is 0. The maximum Gasteiger partial charge on any atom is 0.308 e. The summed E-state index contributed by atoms with van der Waals surface area (Å²) in [5.41, 5.74) is 1.90. The number of ether oxygens (including phenoxy) is 1. The van der Waals surface area contributed by atoms with Crippen molar-refractivity contribution in [3.63, 3.8) is 0 Å². The molecule has 37 heavy (non-hydrogen) atoms. The number of fused-ring (bicyclic) bond motifs is 1. The van der Waals surface area contributed by atoms with Gasteiger partial charge in [0.1, 0.15) is 5.75 Å². The van der Waals surface area contributed by atoms with Crippen LogP contribution >= 0.6 is 0 Å². The number of nitrogens with zero attached hydrogens (tertiary/aromatic N) is 3. The summed E-state index contributed by atoms with van der Waals surface area (Å²) in [5.74, 6) is -1.23. The number of likely N-dealkylation sites (tertiary alicyclic amines) is 1. The van der Waals surface area contributed by atoms with Gasteiger partial charge in [0, 0.05) is 50.3 Å². The highest BCUT2D eigenvalue weighted by Gasteiger charge is 2.47. The number of carboxylic acid groups (broad SMARTS) is 1. The number of hydrogen-bond acceptors (Lipinski definition) is 6. The number of carbonyl (C=O) groups is 2. The van der Waals surface area contributed by atoms with E-state index in [-0.39, 0.29) is 23.9 Å². The smallest absolute Gasteiger partial charge is 0.308 e. The van der Waals surface area contributed by atoms with Crippen molar-refractivity contribution in [1.29, 1.82) is 0 Å². The van der Waals surface area contributed by atoms with Gasteiger partial charge in [-0.25, -0.2) is 5.06 Å². The van der Waals surface area contributed by atoms with E-state index >= 15 is 0 Å². The third-order valence-corrected chi connectivity index (χ3v) is 7.23. The molecule has 9 heteroatoms. The van der Waals surface area contributed by atoms with E-state index in [1.165, 1.54) is 11.1 Å². The van der Waals surface area contributed by atoms with E-state index in [0.29, 0.717) is 39.3 Å². The molecular formula is C28H37N3O6. The van der Waals surface area contributed by atoms with Crippen LogP contribution in [0.2, 0.25) is 0 Å². The quantitative estimate of drug-likeness (QED) is 0.437. The molecule has 3 unspecified atom stereocenters. The van der Waals surface area contributed by atoms with Gasteiger partial charge in [0.05, 0.1) is 25.7 Å². The third-order valence-electron chi connectivity index (χ3n) is 7.23. The lowest BCUT2D eigenvalue weighted by Crippen LogP contribution is -2.45. The van der Waals surface area contributed by atoms with Gasteiger partial charge in [-0.1, -0.05) is 32.0 Å². The molecule has 0 radical (unpaired) electrons. The van der Waals surface area contributed by atoms with E-state index in [0.717, 1.165) is 36.1 Å². The van der Waals surface area contributed by atoms with Crippen LogP contribution in [-0.4, -0.2) is 70.4 Å². The van der Waals surface area contributed by atoms with Gasteiger partial charge < -0.3 is 14.4 Å². The first-order valence-corrected chi connectivity index (χ1v) is 13.2.